The van der Waals surface area contributed by atoms with E-state index in [2.05, 4.69) is 20.5 Å². The molecule has 18 heavy (non-hydrogen) atoms. The van der Waals surface area contributed by atoms with Gasteiger partial charge in [-0.15, -0.1) is 10.2 Å². The predicted molar refractivity (Wildman–Crippen MR) is 62.5 cm³/mol. The number of fused-ring (bicyclic) bond motifs is 3. The molecule has 0 saturated heterocycles. The molecule has 90 valence electrons. The fourth-order valence-electron chi connectivity index (χ4n) is 1.78. The van der Waals surface area contributed by atoms with E-state index in [-0.39, 0.29) is 11.7 Å². The number of hydrogen-bond acceptors (Lipinski definition) is 4. The molecule has 3 aromatic rings. The van der Waals surface area contributed by atoms with E-state index < -0.39 is 0 Å². The van der Waals surface area contributed by atoms with Gasteiger partial charge in [-0.1, -0.05) is 0 Å². The summed E-state index contributed by atoms with van der Waals surface area (Å²) in [5.74, 6) is -0.320. The minimum Gasteiger partial charge on any atom is -0.308 e. The number of benzene rings is 1. The maximum Gasteiger partial charge on any atom is 0.222 e. The second-order valence-electron chi connectivity index (χ2n) is 3.80. The van der Waals surface area contributed by atoms with E-state index in [1.54, 1.807) is 4.40 Å². The van der Waals surface area contributed by atoms with Crippen LogP contribution in [0.15, 0.2) is 24.5 Å². The Morgan fingerprint density at radius 2 is 2.28 bits per heavy atom. The first-order valence-corrected chi connectivity index (χ1v) is 5.22. The first-order chi connectivity index (χ1) is 8.65. The van der Waals surface area contributed by atoms with Crippen molar-refractivity contribution in [1.29, 1.82) is 0 Å². The largest absolute Gasteiger partial charge is 0.308 e. The van der Waals surface area contributed by atoms with Crippen molar-refractivity contribution in [2.24, 2.45) is 0 Å². The van der Waals surface area contributed by atoms with Gasteiger partial charge < -0.3 is 5.32 Å². The van der Waals surface area contributed by atoms with Gasteiger partial charge in [-0.3, -0.25) is 9.20 Å². The van der Waals surface area contributed by atoms with Crippen LogP contribution in [0.2, 0.25) is 0 Å². The zero-order valence-electron chi connectivity index (χ0n) is 9.38. The molecule has 0 fully saturated rings. The van der Waals surface area contributed by atoms with E-state index in [9.17, 15) is 9.18 Å². The summed E-state index contributed by atoms with van der Waals surface area (Å²) in [4.78, 5) is 15.3. The predicted octanol–water partition coefficient (Wildman–Crippen LogP) is 1.37. The van der Waals surface area contributed by atoms with Crippen molar-refractivity contribution >= 4 is 28.4 Å². The van der Waals surface area contributed by atoms with Crippen LogP contribution in [0.3, 0.4) is 0 Å². The second-order valence-corrected chi connectivity index (χ2v) is 3.80. The van der Waals surface area contributed by atoms with Crippen molar-refractivity contribution in [2.45, 2.75) is 6.92 Å². The molecule has 6 nitrogen and oxygen atoms in total. The maximum absolute atomic E-state index is 13.2. The summed E-state index contributed by atoms with van der Waals surface area (Å²) in [6.45, 7) is 1.38. The van der Waals surface area contributed by atoms with Gasteiger partial charge in [0.2, 0.25) is 11.6 Å². The third-order valence-electron chi connectivity index (χ3n) is 2.48. The van der Waals surface area contributed by atoms with E-state index in [0.29, 0.717) is 22.5 Å². The molecule has 2 heterocycles. The van der Waals surface area contributed by atoms with Crippen LogP contribution in [0.25, 0.3) is 16.7 Å². The molecule has 0 radical (unpaired) electrons. The number of anilines is 1. The molecule has 3 rings (SSSR count). The molecule has 0 aliphatic rings. The molecule has 0 aliphatic heterocycles. The third-order valence-corrected chi connectivity index (χ3v) is 2.48. The van der Waals surface area contributed by atoms with Crippen LogP contribution in [0, 0.1) is 5.82 Å². The SMILES string of the molecule is CC(=O)Nc1nc2ccc(F)cc2n2cnnc12. The molecular formula is C11H8FN5O. The lowest BCUT2D eigenvalue weighted by atomic mass is 10.3. The van der Waals surface area contributed by atoms with Crippen LogP contribution >= 0.6 is 0 Å². The molecular weight excluding hydrogens is 237 g/mol. The van der Waals surface area contributed by atoms with Gasteiger partial charge in [-0.25, -0.2) is 9.37 Å². The van der Waals surface area contributed by atoms with Gasteiger partial charge in [-0.2, -0.15) is 0 Å². The number of halogens is 1. The molecule has 0 spiro atoms. The molecule has 1 N–H and O–H groups in total. The van der Waals surface area contributed by atoms with Crippen LogP contribution in [0.5, 0.6) is 0 Å². The molecule has 0 unspecified atom stereocenters. The Bertz CT molecular complexity index is 767. The van der Waals surface area contributed by atoms with Crippen molar-refractivity contribution in [3.05, 3.63) is 30.3 Å². The summed E-state index contributed by atoms with van der Waals surface area (Å²) < 4.78 is 14.8. The third kappa shape index (κ3) is 1.56. The topological polar surface area (TPSA) is 72.2 Å². The van der Waals surface area contributed by atoms with E-state index in [1.165, 1.54) is 31.5 Å². The summed E-state index contributed by atoms with van der Waals surface area (Å²) in [6.07, 6.45) is 1.45. The number of hydrogen-bond donors (Lipinski definition) is 1. The second kappa shape index (κ2) is 3.73. The smallest absolute Gasteiger partial charge is 0.222 e. The molecule has 7 heteroatoms. The van der Waals surface area contributed by atoms with Crippen LogP contribution in [-0.4, -0.2) is 25.5 Å². The molecule has 0 saturated carbocycles. The lowest BCUT2D eigenvalue weighted by Gasteiger charge is -2.06. The van der Waals surface area contributed by atoms with Gasteiger partial charge >= 0.3 is 0 Å². The lowest BCUT2D eigenvalue weighted by molar-refractivity contribution is -0.114. The highest BCUT2D eigenvalue weighted by Crippen LogP contribution is 2.20. The number of rotatable bonds is 1. The zero-order chi connectivity index (χ0) is 12.7. The van der Waals surface area contributed by atoms with Crippen molar-refractivity contribution in [3.63, 3.8) is 0 Å². The van der Waals surface area contributed by atoms with Crippen LogP contribution < -0.4 is 5.32 Å². The van der Waals surface area contributed by atoms with Gasteiger partial charge in [0, 0.05) is 13.0 Å². The average Bonchev–Trinajstić information content (AvgIpc) is 2.79. The van der Waals surface area contributed by atoms with Crippen molar-refractivity contribution < 1.29 is 9.18 Å². The number of carbonyl (C=O) groups excluding carboxylic acids is 1. The van der Waals surface area contributed by atoms with Crippen LogP contribution in [-0.2, 0) is 4.79 Å². The van der Waals surface area contributed by atoms with Gasteiger partial charge in [0.15, 0.2) is 5.82 Å². The summed E-state index contributed by atoms with van der Waals surface area (Å²) in [6, 6.07) is 4.19. The molecule has 1 amide bonds. The summed E-state index contributed by atoms with van der Waals surface area (Å²) in [7, 11) is 0. The highest BCUT2D eigenvalue weighted by atomic mass is 19.1. The maximum atomic E-state index is 13.2. The lowest BCUT2D eigenvalue weighted by Crippen LogP contribution is -2.09. The number of nitrogens with one attached hydrogen (secondary N) is 1. The van der Waals surface area contributed by atoms with Gasteiger partial charge in [0.1, 0.15) is 12.1 Å². The van der Waals surface area contributed by atoms with E-state index >= 15 is 0 Å². The van der Waals surface area contributed by atoms with Crippen LogP contribution in [0.4, 0.5) is 10.2 Å². The molecule has 0 aliphatic carbocycles. The zero-order valence-corrected chi connectivity index (χ0v) is 9.38. The van der Waals surface area contributed by atoms with E-state index in [4.69, 9.17) is 0 Å². The van der Waals surface area contributed by atoms with E-state index in [1.807, 2.05) is 0 Å². The molecule has 0 bridgehead atoms. The Morgan fingerprint density at radius 3 is 3.06 bits per heavy atom. The standard InChI is InChI=1S/C11H8FN5O/c1-6(18)14-10-11-16-13-5-17(11)9-4-7(12)2-3-8(9)15-10/h2-5H,1H3,(H,14,15,18). The number of nitrogens with zero attached hydrogens (tertiary/aromatic N) is 4. The van der Waals surface area contributed by atoms with E-state index in [0.717, 1.165) is 0 Å². The Hall–Kier alpha value is -2.57. The Kier molecular flexibility index (Phi) is 2.19. The number of amides is 1. The summed E-state index contributed by atoms with van der Waals surface area (Å²) in [5, 5.41) is 10.2. The van der Waals surface area contributed by atoms with Crippen LogP contribution in [0.1, 0.15) is 6.92 Å². The van der Waals surface area contributed by atoms with Crippen molar-refractivity contribution in [3.8, 4) is 0 Å². The van der Waals surface area contributed by atoms with Gasteiger partial charge in [0.05, 0.1) is 11.0 Å². The van der Waals surface area contributed by atoms with Gasteiger partial charge in [0.25, 0.3) is 0 Å². The first-order valence-electron chi connectivity index (χ1n) is 5.22. The minimum absolute atomic E-state index is 0.256. The number of aromatic nitrogens is 4. The quantitative estimate of drug-likeness (QED) is 0.702. The summed E-state index contributed by atoms with van der Waals surface area (Å²) >= 11 is 0. The van der Waals surface area contributed by atoms with Crippen molar-refractivity contribution in [1.82, 2.24) is 19.6 Å². The number of carbonyl (C=O) groups is 1. The Morgan fingerprint density at radius 1 is 1.44 bits per heavy atom. The Labute approximate surface area is 100 Å². The Balaban J connectivity index is 2.39. The van der Waals surface area contributed by atoms with Crippen molar-refractivity contribution in [2.75, 3.05) is 5.32 Å². The molecule has 1 aromatic carbocycles. The first kappa shape index (κ1) is 10.6. The summed E-state index contributed by atoms with van der Waals surface area (Å²) in [5.41, 5.74) is 1.47. The highest BCUT2D eigenvalue weighted by molar-refractivity contribution is 5.93. The molecule has 0 atom stereocenters. The minimum atomic E-state index is -0.369. The monoisotopic (exact) mass is 245 g/mol. The van der Waals surface area contributed by atoms with Gasteiger partial charge in [-0.05, 0) is 12.1 Å². The average molecular weight is 245 g/mol. The fourth-order valence-corrected chi connectivity index (χ4v) is 1.78. The normalized spacial score (nSPS) is 11.0. The molecule has 2 aromatic heterocycles. The highest BCUT2D eigenvalue weighted by Gasteiger charge is 2.11. The fraction of sp³-hybridized carbons (Fsp3) is 0.0909.